The number of carbonyl (C=O) groups excluding carboxylic acids is 13. The molecule has 0 aliphatic rings. The van der Waals surface area contributed by atoms with Crippen molar-refractivity contribution in [1.29, 1.82) is 0 Å². The average molecular weight is 1520 g/mol. The number of ether oxygens (including phenoxy) is 6. The van der Waals surface area contributed by atoms with Crippen LogP contribution in [0.3, 0.4) is 0 Å². The Bertz CT molecular complexity index is 2730. The summed E-state index contributed by atoms with van der Waals surface area (Å²) in [5.41, 5.74) is 1.53. The second-order valence-corrected chi connectivity index (χ2v) is 24.8. The van der Waals surface area contributed by atoms with Gasteiger partial charge in [-0.15, -0.1) is 0 Å². The van der Waals surface area contributed by atoms with Gasteiger partial charge in [-0.1, -0.05) is 88.4 Å². The zero-order valence-corrected chi connectivity index (χ0v) is 62.7. The topological polar surface area (TPSA) is 422 Å². The number of carbonyl (C=O) groups is 13. The van der Waals surface area contributed by atoms with Crippen molar-refractivity contribution in [3.05, 3.63) is 71.8 Å². The first-order chi connectivity index (χ1) is 46.0. The number of benzene rings is 2. The molecule has 34 heteroatoms. The minimum atomic E-state index is -1.22. The van der Waals surface area contributed by atoms with Gasteiger partial charge in [-0.3, -0.25) is 57.5 Å². The molecule has 97 heavy (non-hydrogen) atoms. The molecule has 5 atom stereocenters. The van der Waals surface area contributed by atoms with Gasteiger partial charge in [-0.05, 0) is 49.1 Å². The van der Waals surface area contributed by atoms with Gasteiger partial charge in [-0.25, -0.2) is 0 Å². The van der Waals surface area contributed by atoms with Crippen LogP contribution in [-0.4, -0.2) is 239 Å². The van der Waals surface area contributed by atoms with Crippen LogP contribution in [-0.2, 0) is 104 Å². The second kappa shape index (κ2) is 55.3. The molecular formula is C63H97IKN12O19P. The summed E-state index contributed by atoms with van der Waals surface area (Å²) in [4.78, 5) is 166. The molecule has 0 fully saturated rings. The number of hydrogen-bond acceptors (Lipinski definition) is 20. The largest absolute Gasteiger partial charge is 1.00 e. The average Bonchev–Trinajstić information content (AvgIpc) is 1.62. The SMILES string of the molecule is COCCOCC(=O)NCC(=O)NC(CCC(=O)NCCOCCOCC(=O)NCC(=O)NC(Cc1ccccc1)C(=O)NC(CC(C)C)C(=O)NCC(C)=O)C(=O)NCCOCCOCC(=O)NCC(=O)NC(Cc1ccccc1)C(=O)NC(CNCC(=O)[P-]I)CC(C)C.[K+]. The molecule has 0 aliphatic carbocycles. The molecule has 0 saturated carbocycles. The van der Waals surface area contributed by atoms with E-state index >= 15 is 0 Å². The Hall–Kier alpha value is -5.53. The summed E-state index contributed by atoms with van der Waals surface area (Å²) in [5.74, 6) is -6.61. The van der Waals surface area contributed by atoms with E-state index in [1.54, 1.807) is 30.3 Å². The predicted molar refractivity (Wildman–Crippen MR) is 362 cm³/mol. The third kappa shape index (κ3) is 46.4. The Kier molecular flexibility index (Phi) is 51.0. The molecule has 12 N–H and O–H groups in total. The maximum atomic E-state index is 13.6. The van der Waals surface area contributed by atoms with Gasteiger partial charge in [0.25, 0.3) is 0 Å². The molecule has 5 unspecified atom stereocenters. The minimum Gasteiger partial charge on any atom is -0.388 e. The number of ketones is 1. The van der Waals surface area contributed by atoms with Crippen LogP contribution < -0.4 is 115 Å². The first-order valence-corrected chi connectivity index (χ1v) is 35.3. The van der Waals surface area contributed by atoms with E-state index in [0.717, 1.165) is 11.1 Å². The summed E-state index contributed by atoms with van der Waals surface area (Å²) in [6.45, 7) is 7.18. The van der Waals surface area contributed by atoms with Crippen LogP contribution in [0.4, 0.5) is 0 Å². The van der Waals surface area contributed by atoms with Crippen LogP contribution in [0.1, 0.15) is 71.4 Å². The molecule has 11 amide bonds. The van der Waals surface area contributed by atoms with Crippen LogP contribution in [0.25, 0.3) is 0 Å². The summed E-state index contributed by atoms with van der Waals surface area (Å²) in [6, 6.07) is 13.4. The van der Waals surface area contributed by atoms with Crippen molar-refractivity contribution in [2.24, 2.45) is 11.8 Å². The van der Waals surface area contributed by atoms with Gasteiger partial charge in [0.2, 0.25) is 65.0 Å². The first kappa shape index (κ1) is 89.5. The predicted octanol–water partition coefficient (Wildman–Crippen LogP) is -4.80. The first-order valence-electron chi connectivity index (χ1n) is 31.6. The fraction of sp³-hybridized carbons (Fsp3) is 0.603. The van der Waals surface area contributed by atoms with Crippen molar-refractivity contribution >= 4 is 105 Å². The zero-order valence-electron chi connectivity index (χ0n) is 56.6. The monoisotopic (exact) mass is 1520 g/mol. The molecule has 0 aliphatic heterocycles. The van der Waals surface area contributed by atoms with E-state index in [-0.39, 0.29) is 198 Å². The number of Topliss-reactive ketones (excluding diaryl/α,β-unsaturated/α-hetero) is 1. The third-order valence-electron chi connectivity index (χ3n) is 13.2. The summed E-state index contributed by atoms with van der Waals surface area (Å²) >= 11 is 1.97. The van der Waals surface area contributed by atoms with Crippen molar-refractivity contribution in [2.75, 3.05) is 132 Å². The van der Waals surface area contributed by atoms with Gasteiger partial charge in [0.1, 0.15) is 49.8 Å². The van der Waals surface area contributed by atoms with E-state index in [0.29, 0.717) is 19.2 Å². The van der Waals surface area contributed by atoms with E-state index in [9.17, 15) is 62.3 Å². The summed E-state index contributed by atoms with van der Waals surface area (Å²) in [5, 5.41) is 31.7. The van der Waals surface area contributed by atoms with Crippen molar-refractivity contribution in [3.63, 3.8) is 0 Å². The van der Waals surface area contributed by atoms with Crippen LogP contribution in [0.15, 0.2) is 60.7 Å². The van der Waals surface area contributed by atoms with E-state index in [4.69, 9.17) is 28.4 Å². The van der Waals surface area contributed by atoms with Gasteiger partial charge >= 0.3 is 51.4 Å². The normalized spacial score (nSPS) is 12.5. The van der Waals surface area contributed by atoms with Crippen LogP contribution in [0.5, 0.6) is 0 Å². The fourth-order valence-corrected chi connectivity index (χ4v) is 9.33. The number of halogens is 1. The van der Waals surface area contributed by atoms with Crippen LogP contribution >= 0.6 is 28.3 Å². The fourth-order valence-electron chi connectivity index (χ4n) is 8.64. The second-order valence-electron chi connectivity index (χ2n) is 22.7. The molecule has 0 bridgehead atoms. The molecule has 0 radical (unpaired) electrons. The number of hydrogen-bond donors (Lipinski definition) is 12. The zero-order chi connectivity index (χ0) is 70.9. The van der Waals surface area contributed by atoms with E-state index in [2.05, 4.69) is 63.8 Å². The number of nitrogens with one attached hydrogen (secondary N) is 12. The number of amides is 11. The number of rotatable bonds is 54. The Balaban J connectivity index is 0.0000470. The standard InChI is InChI=1S/C63H97IN12O19P.K/c1-42(2)29-47(34-65-38-59(85)96-64)72-62(88)50(31-45-13-9-7-10-14-45)74-54(80)36-69-57(83)41-95-28-26-92-22-20-67-60(86)48(73-53(79)35-68-56(82)39-93-24-23-90-6)17-18-52(78)66-19-21-91-25-27-94-40-58(84)70-37-55(81)75-51(32-46-15-11-8-12-16-46)63(89)76-49(30-43(3)4)61(87)71-33-44(5)77;/h7-16,42-43,47-51,65H,17-41H2,1-6H3,(H,66,78)(H,67,86)(H,68,82)(H,69,83)(H,70,84)(H,71,87)(H,72,88)(H,73,79)(H,74,80)(H,75,81)(H,76,89);/q-1;+1. The molecule has 2 aromatic carbocycles. The maximum Gasteiger partial charge on any atom is 1.00 e. The molecular weight excluding hydrogens is 1430 g/mol. The quantitative estimate of drug-likeness (QED) is 0.0128. The Labute approximate surface area is 624 Å². The van der Waals surface area contributed by atoms with E-state index in [1.165, 1.54) is 14.0 Å². The summed E-state index contributed by atoms with van der Waals surface area (Å²) < 4.78 is 31.8. The van der Waals surface area contributed by atoms with Crippen molar-refractivity contribution < 1.29 is 142 Å². The Morgan fingerprint density at radius 1 is 0.433 bits per heavy atom. The molecule has 31 nitrogen and oxygen atoms in total. The molecule has 2 aromatic rings. The molecule has 0 spiro atoms. The Morgan fingerprint density at radius 2 is 0.866 bits per heavy atom. The van der Waals surface area contributed by atoms with Crippen molar-refractivity contribution in [1.82, 2.24) is 63.8 Å². The number of methoxy groups -OCH3 is 1. The van der Waals surface area contributed by atoms with Crippen LogP contribution in [0.2, 0.25) is 0 Å². The van der Waals surface area contributed by atoms with Gasteiger partial charge in [0.15, 0.2) is 0 Å². The van der Waals surface area contributed by atoms with Gasteiger partial charge < -0.3 is 125 Å². The summed E-state index contributed by atoms with van der Waals surface area (Å²) in [7, 11) is 1.47. The molecule has 0 heterocycles. The Morgan fingerprint density at radius 3 is 1.32 bits per heavy atom. The van der Waals surface area contributed by atoms with Crippen molar-refractivity contribution in [2.45, 2.75) is 103 Å². The molecule has 0 aromatic heterocycles. The molecule has 0 saturated heterocycles. The van der Waals surface area contributed by atoms with Gasteiger partial charge in [0, 0.05) is 64.1 Å². The molecule has 536 valence electrons. The minimum absolute atomic E-state index is 0. The van der Waals surface area contributed by atoms with Gasteiger partial charge in [-0.2, -0.15) is 0 Å². The maximum absolute atomic E-state index is 13.6. The third-order valence-corrected chi connectivity index (χ3v) is 15.2. The van der Waals surface area contributed by atoms with Crippen molar-refractivity contribution in [3.8, 4) is 0 Å². The summed E-state index contributed by atoms with van der Waals surface area (Å²) in [6.07, 6.45) is 1.39. The molecule has 2 rings (SSSR count). The van der Waals surface area contributed by atoms with Crippen LogP contribution in [0, 0.1) is 11.8 Å². The van der Waals surface area contributed by atoms with E-state index in [1.807, 2.05) is 80.1 Å². The van der Waals surface area contributed by atoms with Gasteiger partial charge in [0.05, 0.1) is 79.0 Å². The van der Waals surface area contributed by atoms with E-state index < -0.39 is 122 Å². The smallest absolute Gasteiger partial charge is 0.388 e.